The van der Waals surface area contributed by atoms with Gasteiger partial charge in [-0.15, -0.1) is 0 Å². The van der Waals surface area contributed by atoms with E-state index in [1.807, 2.05) is 0 Å². The number of ether oxygens (including phenoxy) is 1. The van der Waals surface area contributed by atoms with Crippen molar-refractivity contribution in [2.24, 2.45) is 0 Å². The summed E-state index contributed by atoms with van der Waals surface area (Å²) in [6.07, 6.45) is 3.80. The van der Waals surface area contributed by atoms with Gasteiger partial charge in [0.2, 0.25) is 0 Å². The number of anilines is 1. The normalized spacial score (nSPS) is 14.5. The summed E-state index contributed by atoms with van der Waals surface area (Å²) in [6.45, 7) is 1.77. The lowest BCUT2D eigenvalue weighted by atomic mass is 10.1. The van der Waals surface area contributed by atoms with E-state index < -0.39 is 5.82 Å². The third kappa shape index (κ3) is 2.49. The summed E-state index contributed by atoms with van der Waals surface area (Å²) in [4.78, 5) is 14.3. The van der Waals surface area contributed by atoms with Crippen molar-refractivity contribution in [3.63, 3.8) is 0 Å². The Morgan fingerprint density at radius 3 is 2.76 bits per heavy atom. The van der Waals surface area contributed by atoms with Crippen LogP contribution in [-0.4, -0.2) is 30.4 Å². The zero-order valence-electron chi connectivity index (χ0n) is 11.7. The number of methoxy groups -OCH3 is 1. The summed E-state index contributed by atoms with van der Waals surface area (Å²) in [5.74, 6) is -0.328. The van der Waals surface area contributed by atoms with Crippen LogP contribution in [0.4, 0.5) is 10.1 Å². The van der Waals surface area contributed by atoms with Gasteiger partial charge in [-0.1, -0.05) is 6.07 Å². The first-order chi connectivity index (χ1) is 10.2. The maximum atomic E-state index is 13.9. The summed E-state index contributed by atoms with van der Waals surface area (Å²) in [7, 11) is 1.41. The predicted octanol–water partition coefficient (Wildman–Crippen LogP) is 2.18. The molecule has 1 aromatic carbocycles. The molecule has 5 nitrogen and oxygen atoms in total. The Balaban J connectivity index is 2.13. The molecule has 0 amide bonds. The quantitative estimate of drug-likeness (QED) is 0.941. The van der Waals surface area contributed by atoms with Crippen molar-refractivity contribution in [3.8, 4) is 16.9 Å². The van der Waals surface area contributed by atoms with Crippen molar-refractivity contribution >= 4 is 5.69 Å². The zero-order valence-corrected chi connectivity index (χ0v) is 11.7. The molecule has 1 aliphatic rings. The van der Waals surface area contributed by atoms with Crippen LogP contribution < -0.4 is 15.2 Å². The van der Waals surface area contributed by atoms with E-state index in [4.69, 9.17) is 4.74 Å². The van der Waals surface area contributed by atoms with E-state index in [2.05, 4.69) is 15.1 Å². The maximum absolute atomic E-state index is 13.9. The molecule has 110 valence electrons. The third-order valence-electron chi connectivity index (χ3n) is 3.72. The van der Waals surface area contributed by atoms with Crippen LogP contribution in [0.3, 0.4) is 0 Å². The molecule has 0 unspecified atom stereocenters. The van der Waals surface area contributed by atoms with Gasteiger partial charge in [-0.05, 0) is 30.5 Å². The van der Waals surface area contributed by atoms with Crippen LogP contribution >= 0.6 is 0 Å². The van der Waals surface area contributed by atoms with Gasteiger partial charge in [0.25, 0.3) is 5.56 Å². The summed E-state index contributed by atoms with van der Waals surface area (Å²) >= 11 is 0. The van der Waals surface area contributed by atoms with E-state index in [9.17, 15) is 9.18 Å². The second-order valence-corrected chi connectivity index (χ2v) is 5.00. The van der Waals surface area contributed by atoms with Crippen molar-refractivity contribution < 1.29 is 9.13 Å². The molecule has 0 spiro atoms. The number of hydrogen-bond donors (Lipinski definition) is 1. The van der Waals surface area contributed by atoms with Crippen molar-refractivity contribution in [1.82, 2.24) is 10.2 Å². The fraction of sp³-hybridized carbons (Fsp3) is 0.333. The van der Waals surface area contributed by atoms with E-state index >= 15 is 0 Å². The molecule has 0 bridgehead atoms. The SMILES string of the molecule is COc1ccc(-c2c(N3CCCC3)cn[nH]c2=O)cc1F. The molecule has 1 aromatic heterocycles. The molecule has 21 heavy (non-hydrogen) atoms. The van der Waals surface area contributed by atoms with Crippen LogP contribution in [0.1, 0.15) is 12.8 Å². The third-order valence-corrected chi connectivity index (χ3v) is 3.72. The fourth-order valence-corrected chi connectivity index (χ4v) is 2.69. The van der Waals surface area contributed by atoms with Crippen molar-refractivity contribution in [1.29, 1.82) is 0 Å². The van der Waals surface area contributed by atoms with E-state index in [0.29, 0.717) is 11.1 Å². The van der Waals surface area contributed by atoms with Gasteiger partial charge in [0, 0.05) is 13.1 Å². The highest BCUT2D eigenvalue weighted by Gasteiger charge is 2.20. The lowest BCUT2D eigenvalue weighted by Crippen LogP contribution is -2.23. The molecule has 1 fully saturated rings. The number of benzene rings is 1. The Morgan fingerprint density at radius 1 is 1.33 bits per heavy atom. The van der Waals surface area contributed by atoms with Crippen molar-refractivity contribution in [2.75, 3.05) is 25.1 Å². The number of hydrogen-bond acceptors (Lipinski definition) is 4. The first-order valence-electron chi connectivity index (χ1n) is 6.87. The Kier molecular flexibility index (Phi) is 3.60. The number of H-pyrrole nitrogens is 1. The van der Waals surface area contributed by atoms with Gasteiger partial charge in [-0.3, -0.25) is 4.79 Å². The topological polar surface area (TPSA) is 58.2 Å². The molecule has 1 aliphatic heterocycles. The van der Waals surface area contributed by atoms with E-state index in [1.54, 1.807) is 12.3 Å². The Morgan fingerprint density at radius 2 is 2.10 bits per heavy atom. The molecule has 0 atom stereocenters. The van der Waals surface area contributed by atoms with E-state index in [-0.39, 0.29) is 11.3 Å². The minimum atomic E-state index is -0.487. The number of nitrogens with one attached hydrogen (secondary N) is 1. The van der Waals surface area contributed by atoms with Gasteiger partial charge in [-0.2, -0.15) is 5.10 Å². The molecule has 2 aromatic rings. The van der Waals surface area contributed by atoms with Crippen molar-refractivity contribution in [3.05, 3.63) is 40.6 Å². The zero-order chi connectivity index (χ0) is 14.8. The largest absolute Gasteiger partial charge is 0.494 e. The Bertz CT molecular complexity index is 708. The Labute approximate surface area is 121 Å². The van der Waals surface area contributed by atoms with Crippen LogP contribution in [0.2, 0.25) is 0 Å². The molecule has 3 rings (SSSR count). The predicted molar refractivity (Wildman–Crippen MR) is 78.3 cm³/mol. The highest BCUT2D eigenvalue weighted by molar-refractivity contribution is 5.77. The molecule has 1 saturated heterocycles. The molecular weight excluding hydrogens is 273 g/mol. The van der Waals surface area contributed by atoms with Gasteiger partial charge in [0.05, 0.1) is 24.6 Å². The van der Waals surface area contributed by atoms with Gasteiger partial charge in [0.15, 0.2) is 11.6 Å². The molecule has 2 heterocycles. The maximum Gasteiger partial charge on any atom is 0.274 e. The molecule has 6 heteroatoms. The lowest BCUT2D eigenvalue weighted by Gasteiger charge is -2.20. The van der Waals surface area contributed by atoms with Gasteiger partial charge < -0.3 is 9.64 Å². The molecule has 0 radical (unpaired) electrons. The smallest absolute Gasteiger partial charge is 0.274 e. The lowest BCUT2D eigenvalue weighted by molar-refractivity contribution is 0.386. The first-order valence-corrected chi connectivity index (χ1v) is 6.87. The summed E-state index contributed by atoms with van der Waals surface area (Å²) in [5.41, 5.74) is 1.41. The monoisotopic (exact) mass is 289 g/mol. The summed E-state index contributed by atoms with van der Waals surface area (Å²) in [6, 6.07) is 4.54. The minimum Gasteiger partial charge on any atom is -0.494 e. The fourth-order valence-electron chi connectivity index (χ4n) is 2.69. The van der Waals surface area contributed by atoms with E-state index in [1.165, 1.54) is 19.2 Å². The molecule has 0 aliphatic carbocycles. The van der Waals surface area contributed by atoms with Crippen LogP contribution in [0.15, 0.2) is 29.2 Å². The van der Waals surface area contributed by atoms with Crippen LogP contribution in [0, 0.1) is 5.82 Å². The average Bonchev–Trinajstić information content (AvgIpc) is 3.01. The molecule has 1 N–H and O–H groups in total. The number of nitrogens with zero attached hydrogens (tertiary/aromatic N) is 2. The number of halogens is 1. The summed E-state index contributed by atoms with van der Waals surface area (Å²) in [5, 5.41) is 6.30. The van der Waals surface area contributed by atoms with Crippen LogP contribution in [-0.2, 0) is 0 Å². The van der Waals surface area contributed by atoms with E-state index in [0.717, 1.165) is 31.6 Å². The van der Waals surface area contributed by atoms with Gasteiger partial charge >= 0.3 is 0 Å². The van der Waals surface area contributed by atoms with Gasteiger partial charge in [-0.25, -0.2) is 9.49 Å². The highest BCUT2D eigenvalue weighted by Crippen LogP contribution is 2.31. The number of rotatable bonds is 3. The highest BCUT2D eigenvalue weighted by atomic mass is 19.1. The number of aromatic nitrogens is 2. The standard InChI is InChI=1S/C15H16FN3O2/c1-21-13-5-4-10(8-11(13)16)14-12(9-17-18-15(14)20)19-6-2-3-7-19/h4-5,8-9H,2-3,6-7H2,1H3,(H,18,20). The first kappa shape index (κ1) is 13.6. The summed E-state index contributed by atoms with van der Waals surface area (Å²) < 4.78 is 18.8. The second-order valence-electron chi connectivity index (χ2n) is 5.00. The molecular formula is C15H16FN3O2. The van der Waals surface area contributed by atoms with Crippen molar-refractivity contribution in [2.45, 2.75) is 12.8 Å². The van der Waals surface area contributed by atoms with Crippen LogP contribution in [0.25, 0.3) is 11.1 Å². The molecule has 0 saturated carbocycles. The minimum absolute atomic E-state index is 0.159. The van der Waals surface area contributed by atoms with Crippen LogP contribution in [0.5, 0.6) is 5.75 Å². The number of aromatic amines is 1. The second kappa shape index (κ2) is 5.55. The Hall–Kier alpha value is -2.37. The van der Waals surface area contributed by atoms with Gasteiger partial charge in [0.1, 0.15) is 0 Å². The average molecular weight is 289 g/mol.